The van der Waals surface area contributed by atoms with E-state index in [4.69, 9.17) is 0 Å². The fourth-order valence-corrected chi connectivity index (χ4v) is 1.87. The predicted octanol–water partition coefficient (Wildman–Crippen LogP) is 0.996. The van der Waals surface area contributed by atoms with Crippen molar-refractivity contribution < 1.29 is 31.9 Å². The molecule has 1 aromatic carbocycles. The summed E-state index contributed by atoms with van der Waals surface area (Å²) in [6.45, 7) is 0. The fourth-order valence-electron chi connectivity index (χ4n) is 1.87. The molecule has 1 aromatic rings. The van der Waals surface area contributed by atoms with Crippen LogP contribution < -0.4 is 10.6 Å². The van der Waals surface area contributed by atoms with Crippen LogP contribution in [0.4, 0.5) is 22.4 Å². The average Bonchev–Trinajstić information content (AvgIpc) is 2.64. The lowest BCUT2D eigenvalue weighted by Crippen LogP contribution is -2.69. The third-order valence-electron chi connectivity index (χ3n) is 3.07. The van der Waals surface area contributed by atoms with Gasteiger partial charge in [0, 0.05) is 7.05 Å². The van der Waals surface area contributed by atoms with Gasteiger partial charge in [-0.1, -0.05) is 12.1 Å². The van der Waals surface area contributed by atoms with Gasteiger partial charge in [-0.2, -0.15) is 13.2 Å². The van der Waals surface area contributed by atoms with Crippen LogP contribution in [0.3, 0.4) is 0 Å². The Morgan fingerprint density at radius 1 is 1.27 bits per heavy atom. The second-order valence-electron chi connectivity index (χ2n) is 4.48. The molecule has 1 aliphatic heterocycles. The minimum Gasteiger partial charge on any atom is -0.314 e. The summed E-state index contributed by atoms with van der Waals surface area (Å²) < 4.78 is 53.1. The smallest absolute Gasteiger partial charge is 0.314 e. The maximum absolute atomic E-state index is 13.5. The number of nitrogens with zero attached hydrogens (tertiary/aromatic N) is 1. The number of amides is 4. The second kappa shape index (κ2) is 4.97. The summed E-state index contributed by atoms with van der Waals surface area (Å²) in [7, 11) is 0.820. The van der Waals surface area contributed by atoms with Crippen molar-refractivity contribution >= 4 is 17.8 Å². The van der Waals surface area contributed by atoms with Gasteiger partial charge in [0.2, 0.25) is 0 Å². The van der Waals surface area contributed by atoms with Gasteiger partial charge < -0.3 is 5.32 Å². The van der Waals surface area contributed by atoms with Crippen LogP contribution in [-0.2, 0) is 4.79 Å². The van der Waals surface area contributed by atoms with Crippen LogP contribution in [0, 0.1) is 5.82 Å². The summed E-state index contributed by atoms with van der Waals surface area (Å²) in [5.41, 5.74) is -4.32. The van der Waals surface area contributed by atoms with Gasteiger partial charge in [-0.25, -0.2) is 9.18 Å². The number of carbonyl (C=O) groups is 3. The van der Waals surface area contributed by atoms with Crippen molar-refractivity contribution in [3.8, 4) is 0 Å². The fraction of sp³-hybridized carbons (Fsp3) is 0.250. The molecule has 1 fully saturated rings. The Hall–Kier alpha value is -2.65. The standard InChI is InChI=1S/C12H9F4N3O3/c1-19-9(21)11(12(14,15)16,18-10(19)22)17-8(20)6-4-2-3-5-7(6)13/h2-5H,1H3,(H,17,20)(H,18,22). The highest BCUT2D eigenvalue weighted by Crippen LogP contribution is 2.33. The van der Waals surface area contributed by atoms with Crippen molar-refractivity contribution in [2.45, 2.75) is 11.8 Å². The van der Waals surface area contributed by atoms with Gasteiger partial charge in [0.1, 0.15) is 5.82 Å². The first-order valence-electron chi connectivity index (χ1n) is 5.84. The van der Waals surface area contributed by atoms with Crippen LogP contribution in [-0.4, -0.2) is 41.6 Å². The van der Waals surface area contributed by atoms with Crippen molar-refractivity contribution in [3.05, 3.63) is 35.6 Å². The molecule has 1 saturated heterocycles. The number of carbonyl (C=O) groups excluding carboxylic acids is 3. The number of benzene rings is 1. The monoisotopic (exact) mass is 319 g/mol. The zero-order chi connectivity index (χ0) is 16.7. The Morgan fingerprint density at radius 2 is 1.86 bits per heavy atom. The van der Waals surface area contributed by atoms with Gasteiger partial charge in [0.15, 0.2) is 0 Å². The molecule has 0 spiro atoms. The molecule has 0 radical (unpaired) electrons. The third-order valence-corrected chi connectivity index (χ3v) is 3.07. The molecule has 6 nitrogen and oxygen atoms in total. The zero-order valence-corrected chi connectivity index (χ0v) is 11.0. The maximum atomic E-state index is 13.5. The summed E-state index contributed by atoms with van der Waals surface area (Å²) in [4.78, 5) is 35.1. The van der Waals surface area contributed by atoms with Gasteiger partial charge in [-0.3, -0.25) is 19.8 Å². The SMILES string of the molecule is CN1C(=O)NC(NC(=O)c2ccccc2F)(C(F)(F)F)C1=O. The minimum absolute atomic E-state index is 0.176. The van der Waals surface area contributed by atoms with Crippen LogP contribution >= 0.6 is 0 Å². The van der Waals surface area contributed by atoms with Crippen molar-refractivity contribution in [1.82, 2.24) is 15.5 Å². The largest absolute Gasteiger partial charge is 0.440 e. The van der Waals surface area contributed by atoms with Crippen LogP contribution in [0.15, 0.2) is 24.3 Å². The van der Waals surface area contributed by atoms with Gasteiger partial charge in [-0.05, 0) is 12.1 Å². The number of rotatable bonds is 2. The number of nitrogens with one attached hydrogen (secondary N) is 2. The Kier molecular flexibility index (Phi) is 3.55. The van der Waals surface area contributed by atoms with E-state index in [0.29, 0.717) is 0 Å². The van der Waals surface area contributed by atoms with Gasteiger partial charge in [0.25, 0.3) is 17.5 Å². The van der Waals surface area contributed by atoms with Gasteiger partial charge >= 0.3 is 12.2 Å². The molecule has 0 aliphatic carbocycles. The summed E-state index contributed by atoms with van der Waals surface area (Å²) in [6, 6.07) is 2.95. The number of urea groups is 1. The molecule has 1 heterocycles. The Balaban J connectivity index is 2.42. The molecule has 22 heavy (non-hydrogen) atoms. The van der Waals surface area contributed by atoms with E-state index in [1.807, 2.05) is 0 Å². The van der Waals surface area contributed by atoms with E-state index in [1.165, 1.54) is 22.8 Å². The van der Waals surface area contributed by atoms with Crippen LogP contribution in [0.1, 0.15) is 10.4 Å². The molecule has 1 unspecified atom stereocenters. The lowest BCUT2D eigenvalue weighted by molar-refractivity contribution is -0.199. The molecule has 118 valence electrons. The molecule has 1 aliphatic rings. The number of hydrogen-bond donors (Lipinski definition) is 2. The Labute approximate surface area is 121 Å². The molecule has 1 atom stereocenters. The molecule has 10 heteroatoms. The highest BCUT2D eigenvalue weighted by atomic mass is 19.4. The molecule has 0 aromatic heterocycles. The number of imide groups is 1. The first kappa shape index (κ1) is 15.7. The molecule has 4 amide bonds. The van der Waals surface area contributed by atoms with Crippen molar-refractivity contribution in [1.29, 1.82) is 0 Å². The average molecular weight is 319 g/mol. The molecular formula is C12H9F4N3O3. The normalized spacial score (nSPS) is 21.8. The lowest BCUT2D eigenvalue weighted by Gasteiger charge is -2.29. The highest BCUT2D eigenvalue weighted by Gasteiger charge is 2.68. The van der Waals surface area contributed by atoms with Gasteiger partial charge in [0.05, 0.1) is 5.56 Å². The van der Waals surface area contributed by atoms with Crippen LogP contribution in [0.2, 0.25) is 0 Å². The van der Waals surface area contributed by atoms with E-state index < -0.39 is 41.1 Å². The Bertz CT molecular complexity index is 661. The molecule has 2 rings (SSSR count). The Morgan fingerprint density at radius 3 is 2.32 bits per heavy atom. The van der Waals surface area contributed by atoms with Crippen molar-refractivity contribution in [2.75, 3.05) is 7.05 Å². The maximum Gasteiger partial charge on any atom is 0.440 e. The van der Waals surface area contributed by atoms with E-state index in [9.17, 15) is 31.9 Å². The summed E-state index contributed by atoms with van der Waals surface area (Å²) in [5, 5.41) is 2.76. The minimum atomic E-state index is -5.31. The topological polar surface area (TPSA) is 78.5 Å². The number of alkyl halides is 3. The first-order chi connectivity index (χ1) is 10.1. The second-order valence-corrected chi connectivity index (χ2v) is 4.48. The summed E-state index contributed by atoms with van der Waals surface area (Å²) in [6.07, 6.45) is -5.31. The summed E-state index contributed by atoms with van der Waals surface area (Å²) >= 11 is 0. The quantitative estimate of drug-likeness (QED) is 0.630. The lowest BCUT2D eigenvalue weighted by atomic mass is 10.1. The predicted molar refractivity (Wildman–Crippen MR) is 64.0 cm³/mol. The highest BCUT2D eigenvalue weighted by molar-refractivity contribution is 6.10. The van der Waals surface area contributed by atoms with E-state index in [2.05, 4.69) is 0 Å². The van der Waals surface area contributed by atoms with Crippen LogP contribution in [0.25, 0.3) is 0 Å². The van der Waals surface area contributed by atoms with E-state index >= 15 is 0 Å². The van der Waals surface area contributed by atoms with Crippen molar-refractivity contribution in [3.63, 3.8) is 0 Å². The number of halogens is 4. The van der Waals surface area contributed by atoms with Crippen LogP contribution in [0.5, 0.6) is 0 Å². The van der Waals surface area contributed by atoms with Crippen molar-refractivity contribution in [2.24, 2.45) is 0 Å². The van der Waals surface area contributed by atoms with Gasteiger partial charge in [-0.15, -0.1) is 0 Å². The summed E-state index contributed by atoms with van der Waals surface area (Å²) in [5.74, 6) is -4.27. The van der Waals surface area contributed by atoms with E-state index in [0.717, 1.165) is 19.2 Å². The first-order valence-corrected chi connectivity index (χ1v) is 5.84. The van der Waals surface area contributed by atoms with E-state index in [1.54, 1.807) is 0 Å². The number of hydrogen-bond acceptors (Lipinski definition) is 3. The number of likely N-dealkylation sites (N-methyl/N-ethyl adjacent to an activating group) is 1. The molecular weight excluding hydrogens is 310 g/mol. The van der Waals surface area contributed by atoms with E-state index in [-0.39, 0.29) is 4.90 Å². The molecule has 2 N–H and O–H groups in total. The molecule has 0 bridgehead atoms. The third kappa shape index (κ3) is 2.26. The zero-order valence-electron chi connectivity index (χ0n) is 11.0. The molecule has 0 saturated carbocycles.